The van der Waals surface area contributed by atoms with Crippen molar-refractivity contribution in [1.29, 1.82) is 0 Å². The molecule has 1 atom stereocenters. The molecule has 0 aliphatic rings. The maximum Gasteiger partial charge on any atom is 0.323 e. The van der Waals surface area contributed by atoms with Gasteiger partial charge in [-0.15, -0.1) is 0 Å². The smallest absolute Gasteiger partial charge is 0.323 e. The van der Waals surface area contributed by atoms with Crippen LogP contribution in [0.5, 0.6) is 0 Å². The van der Waals surface area contributed by atoms with Crippen LogP contribution in [0.25, 0.3) is 0 Å². The highest BCUT2D eigenvalue weighted by molar-refractivity contribution is 5.77. The number of aliphatic carboxylic acids is 1. The Balaban J connectivity index is 4.30. The highest BCUT2D eigenvalue weighted by Gasteiger charge is 2.35. The SMILES string of the molecule is CCCCCCC(C)N(CC)C(C)(C)C(=O)O. The number of likely N-dealkylation sites (N-methyl/N-ethyl adjacent to an activating group) is 1. The molecule has 0 aliphatic carbocycles. The molecular weight excluding hydrogens is 214 g/mol. The lowest BCUT2D eigenvalue weighted by Crippen LogP contribution is -2.53. The Morgan fingerprint density at radius 3 is 2.24 bits per heavy atom. The molecule has 1 N–H and O–H groups in total. The Hall–Kier alpha value is -0.570. The van der Waals surface area contributed by atoms with Gasteiger partial charge in [0.1, 0.15) is 5.54 Å². The fraction of sp³-hybridized carbons (Fsp3) is 0.929. The zero-order chi connectivity index (χ0) is 13.5. The van der Waals surface area contributed by atoms with Crippen molar-refractivity contribution in [3.05, 3.63) is 0 Å². The third-order valence-electron chi connectivity index (χ3n) is 3.59. The standard InChI is InChI=1S/C14H29NO2/c1-6-8-9-10-11-12(3)15(7-2)14(4,5)13(16)17/h12H,6-11H2,1-5H3,(H,16,17). The molecular formula is C14H29NO2. The van der Waals surface area contributed by atoms with E-state index in [1.165, 1.54) is 25.7 Å². The second kappa shape index (κ2) is 7.70. The molecule has 1 unspecified atom stereocenters. The maximum atomic E-state index is 11.3. The first-order valence-corrected chi connectivity index (χ1v) is 6.88. The fourth-order valence-corrected chi connectivity index (χ4v) is 2.40. The van der Waals surface area contributed by atoms with Crippen LogP contribution >= 0.6 is 0 Å². The van der Waals surface area contributed by atoms with Crippen molar-refractivity contribution in [2.75, 3.05) is 6.54 Å². The van der Waals surface area contributed by atoms with Gasteiger partial charge in [-0.2, -0.15) is 0 Å². The summed E-state index contributed by atoms with van der Waals surface area (Å²) in [5.74, 6) is -0.736. The first-order valence-electron chi connectivity index (χ1n) is 6.88. The first-order chi connectivity index (χ1) is 7.87. The highest BCUT2D eigenvalue weighted by atomic mass is 16.4. The summed E-state index contributed by atoms with van der Waals surface area (Å²) in [6.07, 6.45) is 6.06. The van der Waals surface area contributed by atoms with Gasteiger partial charge in [0, 0.05) is 6.04 Å². The second-order valence-electron chi connectivity index (χ2n) is 5.35. The minimum Gasteiger partial charge on any atom is -0.480 e. The van der Waals surface area contributed by atoms with Crippen LogP contribution in [0, 0.1) is 0 Å². The number of nitrogens with zero attached hydrogens (tertiary/aromatic N) is 1. The molecule has 0 bridgehead atoms. The molecule has 0 saturated carbocycles. The van der Waals surface area contributed by atoms with E-state index in [4.69, 9.17) is 0 Å². The molecule has 3 heteroatoms. The number of carbonyl (C=O) groups is 1. The Bertz CT molecular complexity index is 226. The van der Waals surface area contributed by atoms with Crippen LogP contribution in [0.4, 0.5) is 0 Å². The third-order valence-corrected chi connectivity index (χ3v) is 3.59. The summed E-state index contributed by atoms with van der Waals surface area (Å²) in [5, 5.41) is 9.26. The molecule has 0 heterocycles. The quantitative estimate of drug-likeness (QED) is 0.630. The molecule has 0 saturated heterocycles. The summed E-state index contributed by atoms with van der Waals surface area (Å²) in [7, 11) is 0. The lowest BCUT2D eigenvalue weighted by Gasteiger charge is -2.39. The average molecular weight is 243 g/mol. The molecule has 3 nitrogen and oxygen atoms in total. The van der Waals surface area contributed by atoms with Crippen molar-refractivity contribution in [2.24, 2.45) is 0 Å². The van der Waals surface area contributed by atoms with E-state index in [-0.39, 0.29) is 0 Å². The predicted octanol–water partition coefficient (Wildman–Crippen LogP) is 3.53. The molecule has 0 fully saturated rings. The topological polar surface area (TPSA) is 40.5 Å². The van der Waals surface area contributed by atoms with E-state index in [1.54, 1.807) is 13.8 Å². The number of carboxylic acids is 1. The molecule has 0 aromatic carbocycles. The average Bonchev–Trinajstić information content (AvgIpc) is 2.24. The van der Waals surface area contributed by atoms with Crippen molar-refractivity contribution < 1.29 is 9.90 Å². The second-order valence-corrected chi connectivity index (χ2v) is 5.35. The van der Waals surface area contributed by atoms with Crippen molar-refractivity contribution >= 4 is 5.97 Å². The zero-order valence-corrected chi connectivity index (χ0v) is 12.1. The lowest BCUT2D eigenvalue weighted by molar-refractivity contribution is -0.150. The van der Waals surface area contributed by atoms with E-state index in [9.17, 15) is 9.90 Å². The molecule has 0 aliphatic heterocycles. The van der Waals surface area contributed by atoms with Crippen molar-refractivity contribution in [3.63, 3.8) is 0 Å². The number of hydrogen-bond acceptors (Lipinski definition) is 2. The third kappa shape index (κ3) is 5.07. The highest BCUT2D eigenvalue weighted by Crippen LogP contribution is 2.21. The summed E-state index contributed by atoms with van der Waals surface area (Å²) in [5.41, 5.74) is -0.765. The van der Waals surface area contributed by atoms with E-state index in [0.29, 0.717) is 6.04 Å². The number of rotatable bonds is 9. The van der Waals surface area contributed by atoms with E-state index in [2.05, 4.69) is 18.7 Å². The van der Waals surface area contributed by atoms with Gasteiger partial charge in [-0.1, -0.05) is 39.5 Å². The van der Waals surface area contributed by atoms with E-state index >= 15 is 0 Å². The largest absolute Gasteiger partial charge is 0.480 e. The molecule has 0 radical (unpaired) electrons. The van der Waals surface area contributed by atoms with Crippen molar-refractivity contribution in [3.8, 4) is 0 Å². The van der Waals surface area contributed by atoms with Gasteiger partial charge >= 0.3 is 5.97 Å². The van der Waals surface area contributed by atoms with Gasteiger partial charge in [-0.25, -0.2) is 0 Å². The van der Waals surface area contributed by atoms with Gasteiger partial charge in [0.25, 0.3) is 0 Å². The zero-order valence-electron chi connectivity index (χ0n) is 12.1. The van der Waals surface area contributed by atoms with Crippen LogP contribution in [-0.4, -0.2) is 34.1 Å². The summed E-state index contributed by atoms with van der Waals surface area (Å²) in [4.78, 5) is 13.3. The molecule has 0 amide bonds. The Morgan fingerprint density at radius 2 is 1.82 bits per heavy atom. The van der Waals surface area contributed by atoms with Gasteiger partial charge in [0.15, 0.2) is 0 Å². The van der Waals surface area contributed by atoms with Gasteiger partial charge < -0.3 is 5.11 Å². The summed E-state index contributed by atoms with van der Waals surface area (Å²) in [6, 6.07) is 0.336. The van der Waals surface area contributed by atoms with Crippen molar-refractivity contribution in [1.82, 2.24) is 4.90 Å². The Labute approximate surface area is 106 Å². The van der Waals surface area contributed by atoms with Gasteiger partial charge in [-0.05, 0) is 33.7 Å². The van der Waals surface area contributed by atoms with Crippen LogP contribution in [0.2, 0.25) is 0 Å². The summed E-state index contributed by atoms with van der Waals surface area (Å²) < 4.78 is 0. The summed E-state index contributed by atoms with van der Waals surface area (Å²) >= 11 is 0. The number of unbranched alkanes of at least 4 members (excludes halogenated alkanes) is 3. The van der Waals surface area contributed by atoms with Gasteiger partial charge in [-0.3, -0.25) is 9.69 Å². The van der Waals surface area contributed by atoms with Crippen LogP contribution in [0.1, 0.15) is 66.7 Å². The minimum absolute atomic E-state index is 0.336. The first kappa shape index (κ1) is 16.4. The minimum atomic E-state index is -0.765. The monoisotopic (exact) mass is 243 g/mol. The van der Waals surface area contributed by atoms with E-state index in [1.807, 2.05) is 6.92 Å². The van der Waals surface area contributed by atoms with Crippen molar-refractivity contribution in [2.45, 2.75) is 78.3 Å². The van der Waals surface area contributed by atoms with Crippen LogP contribution in [0.15, 0.2) is 0 Å². The molecule has 17 heavy (non-hydrogen) atoms. The molecule has 0 rings (SSSR count). The van der Waals surface area contributed by atoms with Crippen LogP contribution < -0.4 is 0 Å². The lowest BCUT2D eigenvalue weighted by atomic mass is 9.98. The van der Waals surface area contributed by atoms with Gasteiger partial charge in [0.05, 0.1) is 0 Å². The Kier molecular flexibility index (Phi) is 7.44. The molecule has 0 aromatic rings. The molecule has 102 valence electrons. The number of hydrogen-bond donors (Lipinski definition) is 1. The molecule has 0 spiro atoms. The predicted molar refractivity (Wildman–Crippen MR) is 72.3 cm³/mol. The maximum absolute atomic E-state index is 11.3. The Morgan fingerprint density at radius 1 is 1.24 bits per heavy atom. The number of carboxylic acid groups (broad SMARTS) is 1. The van der Waals surface area contributed by atoms with E-state index in [0.717, 1.165) is 13.0 Å². The van der Waals surface area contributed by atoms with Gasteiger partial charge in [0.2, 0.25) is 0 Å². The fourth-order valence-electron chi connectivity index (χ4n) is 2.40. The van der Waals surface area contributed by atoms with Crippen LogP contribution in [-0.2, 0) is 4.79 Å². The van der Waals surface area contributed by atoms with Crippen LogP contribution in [0.3, 0.4) is 0 Å². The summed E-state index contributed by atoms with van der Waals surface area (Å²) in [6.45, 7) is 10.7. The normalized spacial score (nSPS) is 14.0. The van der Waals surface area contributed by atoms with E-state index < -0.39 is 11.5 Å². The molecule has 0 aromatic heterocycles.